The number of alkyl halides is 3. The lowest BCUT2D eigenvalue weighted by molar-refractivity contribution is -0.310. The zero-order valence-corrected chi connectivity index (χ0v) is 18.9. The van der Waals surface area contributed by atoms with Crippen molar-refractivity contribution in [3.63, 3.8) is 0 Å². The summed E-state index contributed by atoms with van der Waals surface area (Å²) in [4.78, 5) is 6.39. The first kappa shape index (κ1) is 24.2. The molecular weight excluding hydrogens is 415 g/mol. The lowest BCUT2D eigenvalue weighted by Crippen LogP contribution is -2.59. The van der Waals surface area contributed by atoms with E-state index in [1.54, 1.807) is 25.3 Å². The summed E-state index contributed by atoms with van der Waals surface area (Å²) < 4.78 is 48.8. The van der Waals surface area contributed by atoms with Crippen LogP contribution in [0.5, 0.6) is 0 Å². The standard InChI is InChI=1S/C25H30F3N3O/c1-4-32-23(3,25(26,27)28)24(12-11-20-7-9-21(15-29)10-8-20)13-14-31(18-24)17-22-6-5-19(2)30-16-22/h5-10,16H,4,11-14,17-18H2,1-3H3. The zero-order chi connectivity index (χ0) is 23.4. The van der Waals surface area contributed by atoms with E-state index in [2.05, 4.69) is 16.0 Å². The molecule has 0 N–H and O–H groups in total. The van der Waals surface area contributed by atoms with Crippen LogP contribution >= 0.6 is 0 Å². The zero-order valence-electron chi connectivity index (χ0n) is 18.9. The highest BCUT2D eigenvalue weighted by Gasteiger charge is 2.65. The maximum absolute atomic E-state index is 14.4. The molecular formula is C25H30F3N3O. The van der Waals surface area contributed by atoms with Gasteiger partial charge in [-0.2, -0.15) is 18.4 Å². The fourth-order valence-electron chi connectivity index (χ4n) is 4.73. The second-order valence-electron chi connectivity index (χ2n) is 8.82. The molecule has 4 nitrogen and oxygen atoms in total. The maximum Gasteiger partial charge on any atom is 0.417 e. The third-order valence-corrected chi connectivity index (χ3v) is 6.77. The Labute approximate surface area is 188 Å². The molecule has 172 valence electrons. The van der Waals surface area contributed by atoms with Gasteiger partial charge in [-0.1, -0.05) is 18.2 Å². The molecule has 0 amide bonds. The summed E-state index contributed by atoms with van der Waals surface area (Å²) in [5.74, 6) is 0. The number of hydrogen-bond donors (Lipinski definition) is 0. The van der Waals surface area contributed by atoms with Gasteiger partial charge in [-0.15, -0.1) is 0 Å². The number of pyridine rings is 1. The van der Waals surface area contributed by atoms with E-state index < -0.39 is 17.2 Å². The van der Waals surface area contributed by atoms with Crippen molar-refractivity contribution in [2.75, 3.05) is 19.7 Å². The molecule has 0 aliphatic carbocycles. The molecule has 2 atom stereocenters. The van der Waals surface area contributed by atoms with Crippen LogP contribution in [0.1, 0.15) is 49.1 Å². The monoisotopic (exact) mass is 445 g/mol. The highest BCUT2D eigenvalue weighted by atomic mass is 19.4. The molecule has 2 aromatic rings. The Kier molecular flexibility index (Phi) is 7.26. The number of likely N-dealkylation sites (tertiary alicyclic amines) is 1. The van der Waals surface area contributed by atoms with Crippen molar-refractivity contribution in [1.29, 1.82) is 5.26 Å². The van der Waals surface area contributed by atoms with E-state index in [9.17, 15) is 13.2 Å². The van der Waals surface area contributed by atoms with Crippen LogP contribution in [0.2, 0.25) is 0 Å². The Hall–Kier alpha value is -2.43. The van der Waals surface area contributed by atoms with E-state index in [-0.39, 0.29) is 6.61 Å². The molecule has 0 spiro atoms. The molecule has 2 heterocycles. The molecule has 1 aliphatic heterocycles. The minimum Gasteiger partial charge on any atom is -0.365 e. The number of hydrogen-bond acceptors (Lipinski definition) is 4. The Bertz CT molecular complexity index is 937. The molecule has 3 rings (SSSR count). The molecule has 0 radical (unpaired) electrons. The average Bonchev–Trinajstić information content (AvgIpc) is 3.18. The van der Waals surface area contributed by atoms with Crippen molar-refractivity contribution < 1.29 is 17.9 Å². The van der Waals surface area contributed by atoms with E-state index in [1.807, 2.05) is 31.2 Å². The van der Waals surface area contributed by atoms with Gasteiger partial charge in [-0.3, -0.25) is 9.88 Å². The van der Waals surface area contributed by atoms with Gasteiger partial charge in [0.2, 0.25) is 0 Å². The van der Waals surface area contributed by atoms with E-state index >= 15 is 0 Å². The normalized spacial score (nSPS) is 21.3. The third-order valence-electron chi connectivity index (χ3n) is 6.77. The summed E-state index contributed by atoms with van der Waals surface area (Å²) in [6.07, 6.45) is -1.47. The van der Waals surface area contributed by atoms with Crippen molar-refractivity contribution in [1.82, 2.24) is 9.88 Å². The van der Waals surface area contributed by atoms with Gasteiger partial charge in [0.1, 0.15) is 0 Å². The Balaban J connectivity index is 1.86. The van der Waals surface area contributed by atoms with Crippen molar-refractivity contribution in [3.05, 3.63) is 65.0 Å². The molecule has 7 heteroatoms. The second kappa shape index (κ2) is 9.60. The Morgan fingerprint density at radius 1 is 1.16 bits per heavy atom. The van der Waals surface area contributed by atoms with Crippen LogP contribution in [-0.4, -0.2) is 41.4 Å². The molecule has 0 saturated carbocycles. The first-order valence-electron chi connectivity index (χ1n) is 11.0. The third kappa shape index (κ3) is 4.97. The summed E-state index contributed by atoms with van der Waals surface area (Å²) in [6, 6.07) is 13.0. The fraction of sp³-hybridized carbons (Fsp3) is 0.520. The minimum absolute atomic E-state index is 0.00346. The predicted molar refractivity (Wildman–Crippen MR) is 117 cm³/mol. The van der Waals surface area contributed by atoms with Crippen LogP contribution in [0.4, 0.5) is 13.2 Å². The van der Waals surface area contributed by atoms with Gasteiger partial charge in [-0.05, 0) is 75.9 Å². The number of halogens is 3. The quantitative estimate of drug-likeness (QED) is 0.543. The molecule has 32 heavy (non-hydrogen) atoms. The van der Waals surface area contributed by atoms with E-state index in [0.29, 0.717) is 44.5 Å². The van der Waals surface area contributed by atoms with Gasteiger partial charge >= 0.3 is 6.18 Å². The summed E-state index contributed by atoms with van der Waals surface area (Å²) in [7, 11) is 0. The number of ether oxygens (including phenoxy) is 1. The van der Waals surface area contributed by atoms with Crippen LogP contribution in [0.15, 0.2) is 42.6 Å². The minimum atomic E-state index is -4.49. The number of aryl methyl sites for hydroxylation is 2. The maximum atomic E-state index is 14.4. The average molecular weight is 446 g/mol. The van der Waals surface area contributed by atoms with Gasteiger partial charge < -0.3 is 4.74 Å². The first-order valence-corrected chi connectivity index (χ1v) is 11.0. The van der Waals surface area contributed by atoms with Gasteiger partial charge in [0.25, 0.3) is 0 Å². The van der Waals surface area contributed by atoms with Crippen LogP contribution < -0.4 is 0 Å². The number of nitriles is 1. The van der Waals surface area contributed by atoms with Gasteiger partial charge in [-0.25, -0.2) is 0 Å². The van der Waals surface area contributed by atoms with Crippen LogP contribution in [0.25, 0.3) is 0 Å². The predicted octanol–water partition coefficient (Wildman–Crippen LogP) is 5.44. The van der Waals surface area contributed by atoms with Crippen molar-refractivity contribution in [2.24, 2.45) is 5.41 Å². The molecule has 1 fully saturated rings. The van der Waals surface area contributed by atoms with Crippen molar-refractivity contribution >= 4 is 0 Å². The van der Waals surface area contributed by atoms with E-state index in [1.165, 1.54) is 6.92 Å². The summed E-state index contributed by atoms with van der Waals surface area (Å²) >= 11 is 0. The molecule has 1 aromatic heterocycles. The van der Waals surface area contributed by atoms with Gasteiger partial charge in [0.15, 0.2) is 5.60 Å². The number of rotatable bonds is 8. The summed E-state index contributed by atoms with van der Waals surface area (Å²) in [5, 5.41) is 8.99. The summed E-state index contributed by atoms with van der Waals surface area (Å²) in [6.45, 7) is 6.16. The van der Waals surface area contributed by atoms with E-state index in [4.69, 9.17) is 10.00 Å². The van der Waals surface area contributed by atoms with E-state index in [0.717, 1.165) is 16.8 Å². The summed E-state index contributed by atoms with van der Waals surface area (Å²) in [5.41, 5.74) is 0.0355. The molecule has 0 bridgehead atoms. The second-order valence-corrected chi connectivity index (χ2v) is 8.82. The van der Waals surface area contributed by atoms with Gasteiger partial charge in [0, 0.05) is 37.0 Å². The lowest BCUT2D eigenvalue weighted by atomic mass is 9.67. The lowest BCUT2D eigenvalue weighted by Gasteiger charge is -2.47. The molecule has 1 saturated heterocycles. The van der Waals surface area contributed by atoms with Crippen LogP contribution in [0.3, 0.4) is 0 Å². The van der Waals surface area contributed by atoms with Gasteiger partial charge in [0.05, 0.1) is 11.6 Å². The Morgan fingerprint density at radius 3 is 2.41 bits per heavy atom. The van der Waals surface area contributed by atoms with Crippen molar-refractivity contribution in [3.8, 4) is 6.07 Å². The largest absolute Gasteiger partial charge is 0.417 e. The Morgan fingerprint density at radius 2 is 1.84 bits per heavy atom. The SMILES string of the molecule is CCOC(C)(C(F)(F)F)C1(CCc2ccc(C#N)cc2)CCN(Cc2ccc(C)nc2)C1. The highest BCUT2D eigenvalue weighted by molar-refractivity contribution is 5.31. The molecule has 1 aromatic carbocycles. The van der Waals surface area contributed by atoms with Crippen molar-refractivity contribution in [2.45, 2.75) is 58.4 Å². The van der Waals surface area contributed by atoms with Crippen LogP contribution in [-0.2, 0) is 17.7 Å². The molecule has 1 aliphatic rings. The number of aromatic nitrogens is 1. The number of nitrogens with zero attached hydrogens (tertiary/aromatic N) is 3. The fourth-order valence-corrected chi connectivity index (χ4v) is 4.73. The number of benzene rings is 1. The first-order chi connectivity index (χ1) is 15.1. The highest BCUT2D eigenvalue weighted by Crippen LogP contribution is 2.53. The smallest absolute Gasteiger partial charge is 0.365 e. The topological polar surface area (TPSA) is 49.1 Å². The molecule has 2 unspecified atom stereocenters. The van der Waals surface area contributed by atoms with Crippen LogP contribution in [0, 0.1) is 23.7 Å².